The lowest BCUT2D eigenvalue weighted by molar-refractivity contribution is 0.103. The number of carbonyl (C=O) groups is 1. The summed E-state index contributed by atoms with van der Waals surface area (Å²) in [5.74, 6) is 2.47. The molecule has 0 atom stereocenters. The van der Waals surface area contributed by atoms with E-state index in [0.29, 0.717) is 28.4 Å². The average molecular weight is 274 g/mol. The summed E-state index contributed by atoms with van der Waals surface area (Å²) in [6.07, 6.45) is 0. The zero-order valence-electron chi connectivity index (χ0n) is 12.4. The number of benzene rings is 1. The molecule has 2 aromatic rings. The van der Waals surface area contributed by atoms with Crippen LogP contribution in [-0.2, 0) is 0 Å². The Labute approximate surface area is 118 Å². The topological polar surface area (TPSA) is 48.7 Å². The van der Waals surface area contributed by atoms with Gasteiger partial charge < -0.3 is 13.9 Å². The third kappa shape index (κ3) is 2.29. The second kappa shape index (κ2) is 5.41. The van der Waals surface area contributed by atoms with Gasteiger partial charge in [-0.15, -0.1) is 0 Å². The molecule has 0 radical (unpaired) electrons. The Balaban J connectivity index is 2.48. The molecule has 0 fully saturated rings. The van der Waals surface area contributed by atoms with Crippen molar-refractivity contribution in [1.29, 1.82) is 0 Å². The van der Waals surface area contributed by atoms with Crippen LogP contribution in [0.15, 0.2) is 22.6 Å². The van der Waals surface area contributed by atoms with Crippen molar-refractivity contribution in [2.24, 2.45) is 0 Å². The molecule has 1 heterocycles. The Kier molecular flexibility index (Phi) is 3.84. The minimum atomic E-state index is -0.0715. The first-order valence-electron chi connectivity index (χ1n) is 6.33. The monoisotopic (exact) mass is 274 g/mol. The summed E-state index contributed by atoms with van der Waals surface area (Å²) in [4.78, 5) is 12.6. The van der Waals surface area contributed by atoms with Crippen LogP contribution in [0.4, 0.5) is 0 Å². The highest BCUT2D eigenvalue weighted by molar-refractivity contribution is 6.11. The van der Waals surface area contributed by atoms with Crippen LogP contribution < -0.4 is 9.47 Å². The minimum Gasteiger partial charge on any atom is -0.493 e. The van der Waals surface area contributed by atoms with Gasteiger partial charge in [-0.05, 0) is 39.0 Å². The van der Waals surface area contributed by atoms with Gasteiger partial charge in [0.15, 0.2) is 17.3 Å². The number of furan rings is 1. The van der Waals surface area contributed by atoms with E-state index in [0.717, 1.165) is 11.3 Å². The summed E-state index contributed by atoms with van der Waals surface area (Å²) < 4.78 is 15.9. The van der Waals surface area contributed by atoms with Crippen molar-refractivity contribution in [3.8, 4) is 11.5 Å². The average Bonchev–Trinajstić information content (AvgIpc) is 2.70. The number of aryl methyl sites for hydroxylation is 2. The molecule has 0 unspecified atom stereocenters. The van der Waals surface area contributed by atoms with E-state index >= 15 is 0 Å². The SMILES string of the molecule is COc1ccc(C(=O)c2c(C)oc(C)c2C)cc1OC. The predicted molar refractivity (Wildman–Crippen MR) is 75.9 cm³/mol. The quantitative estimate of drug-likeness (QED) is 0.801. The van der Waals surface area contributed by atoms with Gasteiger partial charge in [0.1, 0.15) is 11.5 Å². The Morgan fingerprint density at radius 1 is 1.00 bits per heavy atom. The van der Waals surface area contributed by atoms with Gasteiger partial charge in [0.2, 0.25) is 0 Å². The molecule has 0 aliphatic heterocycles. The minimum absolute atomic E-state index is 0.0715. The van der Waals surface area contributed by atoms with E-state index in [-0.39, 0.29) is 5.78 Å². The van der Waals surface area contributed by atoms with E-state index in [2.05, 4.69) is 0 Å². The van der Waals surface area contributed by atoms with Gasteiger partial charge in [-0.3, -0.25) is 4.79 Å². The summed E-state index contributed by atoms with van der Waals surface area (Å²) in [5.41, 5.74) is 2.05. The molecular weight excluding hydrogens is 256 g/mol. The Morgan fingerprint density at radius 2 is 1.65 bits per heavy atom. The maximum atomic E-state index is 12.6. The van der Waals surface area contributed by atoms with E-state index in [1.807, 2.05) is 13.8 Å². The summed E-state index contributed by atoms with van der Waals surface area (Å²) in [5, 5.41) is 0. The first kappa shape index (κ1) is 14.2. The van der Waals surface area contributed by atoms with E-state index in [1.54, 1.807) is 39.3 Å². The number of ether oxygens (including phenoxy) is 2. The van der Waals surface area contributed by atoms with Crippen LogP contribution in [0.25, 0.3) is 0 Å². The van der Waals surface area contributed by atoms with E-state index in [1.165, 1.54) is 0 Å². The molecule has 0 spiro atoms. The first-order chi connectivity index (χ1) is 9.49. The van der Waals surface area contributed by atoms with Crippen molar-refractivity contribution in [2.75, 3.05) is 14.2 Å². The molecule has 2 rings (SSSR count). The molecule has 0 saturated carbocycles. The zero-order chi connectivity index (χ0) is 14.9. The van der Waals surface area contributed by atoms with Crippen LogP contribution in [0.2, 0.25) is 0 Å². The van der Waals surface area contributed by atoms with Crippen LogP contribution in [-0.4, -0.2) is 20.0 Å². The fourth-order valence-corrected chi connectivity index (χ4v) is 2.25. The maximum absolute atomic E-state index is 12.6. The van der Waals surface area contributed by atoms with Crippen molar-refractivity contribution in [3.63, 3.8) is 0 Å². The molecule has 0 aliphatic carbocycles. The largest absolute Gasteiger partial charge is 0.493 e. The van der Waals surface area contributed by atoms with Gasteiger partial charge in [0.05, 0.1) is 19.8 Å². The number of hydrogen-bond acceptors (Lipinski definition) is 4. The molecule has 0 amide bonds. The van der Waals surface area contributed by atoms with Gasteiger partial charge in [0, 0.05) is 11.1 Å². The summed E-state index contributed by atoms with van der Waals surface area (Å²) >= 11 is 0. The Hall–Kier alpha value is -2.23. The smallest absolute Gasteiger partial charge is 0.196 e. The van der Waals surface area contributed by atoms with Crippen LogP contribution in [0.3, 0.4) is 0 Å². The number of carbonyl (C=O) groups excluding carboxylic acids is 1. The summed E-state index contributed by atoms with van der Waals surface area (Å²) in [6, 6.07) is 5.14. The number of ketones is 1. The number of hydrogen-bond donors (Lipinski definition) is 0. The predicted octanol–water partition coefficient (Wildman–Crippen LogP) is 3.45. The molecule has 0 aliphatic rings. The lowest BCUT2D eigenvalue weighted by atomic mass is 9.99. The number of rotatable bonds is 4. The highest BCUT2D eigenvalue weighted by atomic mass is 16.5. The Morgan fingerprint density at radius 3 is 2.15 bits per heavy atom. The van der Waals surface area contributed by atoms with E-state index in [9.17, 15) is 4.79 Å². The van der Waals surface area contributed by atoms with Gasteiger partial charge in [-0.2, -0.15) is 0 Å². The lowest BCUT2D eigenvalue weighted by Crippen LogP contribution is -2.04. The molecule has 20 heavy (non-hydrogen) atoms. The van der Waals surface area contributed by atoms with Gasteiger partial charge in [-0.1, -0.05) is 0 Å². The second-order valence-electron chi connectivity index (χ2n) is 4.61. The van der Waals surface area contributed by atoms with Crippen molar-refractivity contribution >= 4 is 5.78 Å². The first-order valence-corrected chi connectivity index (χ1v) is 6.33. The molecule has 1 aromatic heterocycles. The maximum Gasteiger partial charge on any atom is 0.196 e. The fourth-order valence-electron chi connectivity index (χ4n) is 2.25. The van der Waals surface area contributed by atoms with E-state index in [4.69, 9.17) is 13.9 Å². The second-order valence-corrected chi connectivity index (χ2v) is 4.61. The van der Waals surface area contributed by atoms with Crippen molar-refractivity contribution in [2.45, 2.75) is 20.8 Å². The molecule has 106 valence electrons. The number of methoxy groups -OCH3 is 2. The summed E-state index contributed by atoms with van der Waals surface area (Å²) in [6.45, 7) is 5.54. The van der Waals surface area contributed by atoms with Gasteiger partial charge in [-0.25, -0.2) is 0 Å². The molecule has 1 aromatic carbocycles. The molecule has 0 N–H and O–H groups in total. The van der Waals surface area contributed by atoms with Crippen LogP contribution in [0, 0.1) is 20.8 Å². The molecule has 4 nitrogen and oxygen atoms in total. The highest BCUT2D eigenvalue weighted by Crippen LogP contribution is 2.30. The lowest BCUT2D eigenvalue weighted by Gasteiger charge is -2.09. The third-order valence-electron chi connectivity index (χ3n) is 3.43. The van der Waals surface area contributed by atoms with Crippen LogP contribution in [0.5, 0.6) is 11.5 Å². The normalized spacial score (nSPS) is 10.4. The molecule has 4 heteroatoms. The van der Waals surface area contributed by atoms with Crippen molar-refractivity contribution in [1.82, 2.24) is 0 Å². The zero-order valence-corrected chi connectivity index (χ0v) is 12.4. The van der Waals surface area contributed by atoms with Crippen molar-refractivity contribution < 1.29 is 18.7 Å². The molecule has 0 bridgehead atoms. The Bertz CT molecular complexity index is 653. The van der Waals surface area contributed by atoms with Gasteiger partial charge >= 0.3 is 0 Å². The standard InChI is InChI=1S/C16H18O4/c1-9-10(2)20-11(3)15(9)16(17)12-6-7-13(18-4)14(8-12)19-5/h6-8H,1-5H3. The van der Waals surface area contributed by atoms with Gasteiger partial charge in [0.25, 0.3) is 0 Å². The molecular formula is C16H18O4. The third-order valence-corrected chi connectivity index (χ3v) is 3.43. The van der Waals surface area contributed by atoms with Crippen LogP contribution >= 0.6 is 0 Å². The van der Waals surface area contributed by atoms with Crippen LogP contribution in [0.1, 0.15) is 33.0 Å². The molecule has 0 saturated heterocycles. The highest BCUT2D eigenvalue weighted by Gasteiger charge is 2.21. The fraction of sp³-hybridized carbons (Fsp3) is 0.312. The van der Waals surface area contributed by atoms with E-state index < -0.39 is 0 Å². The van der Waals surface area contributed by atoms with Crippen molar-refractivity contribution in [3.05, 3.63) is 46.4 Å². The summed E-state index contributed by atoms with van der Waals surface area (Å²) in [7, 11) is 3.11.